The molecule has 3 rings (SSSR count). The van der Waals surface area contributed by atoms with Crippen molar-refractivity contribution < 1.29 is 4.74 Å². The van der Waals surface area contributed by atoms with Gasteiger partial charge in [0.15, 0.2) is 0 Å². The topological polar surface area (TPSA) is 48.2 Å². The van der Waals surface area contributed by atoms with Crippen LogP contribution in [0.2, 0.25) is 0 Å². The predicted molar refractivity (Wildman–Crippen MR) is 92.0 cm³/mol. The minimum absolute atomic E-state index is 0.0768. The van der Waals surface area contributed by atoms with Gasteiger partial charge in [0, 0.05) is 12.7 Å². The first-order chi connectivity index (χ1) is 11.1. The van der Waals surface area contributed by atoms with Gasteiger partial charge in [-0.3, -0.25) is 9.48 Å². The van der Waals surface area contributed by atoms with E-state index >= 15 is 0 Å². The number of hydrogen-bond donors (Lipinski definition) is 1. The first-order valence-corrected chi connectivity index (χ1v) is 7.37. The predicted octanol–water partition coefficient (Wildman–Crippen LogP) is 3.24. The molecule has 0 aliphatic heterocycles. The standard InChI is InChI=1S/C18H19N3O2/c1-13-17(19-14-9-11-16(23-3)12-10-14)18(22)21(20(13)2)15-7-5-4-6-8-15/h4-12,19H,1-3H3. The fourth-order valence-electron chi connectivity index (χ4n) is 2.53. The van der Waals surface area contributed by atoms with Crippen LogP contribution in [0.3, 0.4) is 0 Å². The number of methoxy groups -OCH3 is 1. The van der Waals surface area contributed by atoms with Gasteiger partial charge in [-0.25, -0.2) is 4.68 Å². The summed E-state index contributed by atoms with van der Waals surface area (Å²) in [6, 6.07) is 17.1. The fraction of sp³-hybridized carbons (Fsp3) is 0.167. The Hall–Kier alpha value is -2.95. The molecule has 118 valence electrons. The highest BCUT2D eigenvalue weighted by Gasteiger charge is 2.16. The lowest BCUT2D eigenvalue weighted by molar-refractivity contribution is 0.415. The maximum Gasteiger partial charge on any atom is 0.295 e. The number of hydrogen-bond acceptors (Lipinski definition) is 3. The van der Waals surface area contributed by atoms with E-state index in [1.54, 1.807) is 11.8 Å². The Balaban J connectivity index is 2.02. The van der Waals surface area contributed by atoms with Crippen LogP contribution in [-0.4, -0.2) is 16.5 Å². The van der Waals surface area contributed by atoms with Crippen LogP contribution in [-0.2, 0) is 7.05 Å². The molecule has 0 unspecified atom stereocenters. The van der Waals surface area contributed by atoms with Crippen molar-refractivity contribution in [1.82, 2.24) is 9.36 Å². The zero-order valence-corrected chi connectivity index (χ0v) is 13.4. The van der Waals surface area contributed by atoms with Gasteiger partial charge in [-0.15, -0.1) is 0 Å². The molecule has 23 heavy (non-hydrogen) atoms. The molecule has 1 N–H and O–H groups in total. The van der Waals surface area contributed by atoms with Crippen LogP contribution in [0.1, 0.15) is 5.69 Å². The summed E-state index contributed by atoms with van der Waals surface area (Å²) in [5.74, 6) is 0.780. The molecule has 5 nitrogen and oxygen atoms in total. The highest BCUT2D eigenvalue weighted by Crippen LogP contribution is 2.21. The third-order valence-electron chi connectivity index (χ3n) is 3.91. The Morgan fingerprint density at radius 2 is 1.65 bits per heavy atom. The normalized spacial score (nSPS) is 10.6. The van der Waals surface area contributed by atoms with Crippen LogP contribution >= 0.6 is 0 Å². The first kappa shape index (κ1) is 15.0. The molecule has 0 atom stereocenters. The fourth-order valence-corrected chi connectivity index (χ4v) is 2.53. The number of ether oxygens (including phenoxy) is 1. The maximum absolute atomic E-state index is 12.8. The number of nitrogens with zero attached hydrogens (tertiary/aromatic N) is 2. The van der Waals surface area contributed by atoms with Crippen molar-refractivity contribution in [1.29, 1.82) is 0 Å². The molecule has 0 fully saturated rings. The van der Waals surface area contributed by atoms with Crippen LogP contribution in [0.25, 0.3) is 5.69 Å². The SMILES string of the molecule is COc1ccc(Nc2c(C)n(C)n(-c3ccccc3)c2=O)cc1. The molecular formula is C18H19N3O2. The smallest absolute Gasteiger partial charge is 0.295 e. The van der Waals surface area contributed by atoms with Crippen molar-refractivity contribution in [2.45, 2.75) is 6.92 Å². The maximum atomic E-state index is 12.8. The third-order valence-corrected chi connectivity index (χ3v) is 3.91. The van der Waals surface area contributed by atoms with Gasteiger partial charge in [0.1, 0.15) is 11.4 Å². The van der Waals surface area contributed by atoms with E-state index < -0.39 is 0 Å². The molecule has 0 bridgehead atoms. The monoisotopic (exact) mass is 309 g/mol. The molecule has 0 saturated heterocycles. The molecule has 0 spiro atoms. The Bertz CT molecular complexity index is 862. The number of nitrogens with one attached hydrogen (secondary N) is 1. The van der Waals surface area contributed by atoms with E-state index in [2.05, 4.69) is 5.32 Å². The van der Waals surface area contributed by atoms with Crippen molar-refractivity contribution in [3.05, 3.63) is 70.6 Å². The van der Waals surface area contributed by atoms with Crippen LogP contribution in [0.15, 0.2) is 59.4 Å². The van der Waals surface area contributed by atoms with Gasteiger partial charge >= 0.3 is 0 Å². The molecule has 1 aromatic heterocycles. The van der Waals surface area contributed by atoms with E-state index in [0.717, 1.165) is 22.8 Å². The quantitative estimate of drug-likeness (QED) is 0.805. The second-order valence-corrected chi connectivity index (χ2v) is 5.29. The summed E-state index contributed by atoms with van der Waals surface area (Å²) in [5.41, 5.74) is 3.05. The molecule has 0 aliphatic carbocycles. The summed E-state index contributed by atoms with van der Waals surface area (Å²) in [7, 11) is 3.51. The summed E-state index contributed by atoms with van der Waals surface area (Å²) in [6.07, 6.45) is 0. The van der Waals surface area contributed by atoms with Crippen molar-refractivity contribution in [3.63, 3.8) is 0 Å². The van der Waals surface area contributed by atoms with Crippen molar-refractivity contribution >= 4 is 11.4 Å². The van der Waals surface area contributed by atoms with Crippen molar-refractivity contribution in [2.75, 3.05) is 12.4 Å². The van der Waals surface area contributed by atoms with Crippen LogP contribution in [0, 0.1) is 6.92 Å². The van der Waals surface area contributed by atoms with Gasteiger partial charge in [0.25, 0.3) is 5.56 Å². The number of rotatable bonds is 4. The molecule has 2 aromatic carbocycles. The number of para-hydroxylation sites is 1. The van der Waals surface area contributed by atoms with E-state index in [9.17, 15) is 4.79 Å². The third kappa shape index (κ3) is 2.73. The lowest BCUT2D eigenvalue weighted by Gasteiger charge is -2.07. The van der Waals surface area contributed by atoms with Crippen molar-refractivity contribution in [3.8, 4) is 11.4 Å². The summed E-state index contributed by atoms with van der Waals surface area (Å²) < 4.78 is 8.65. The average Bonchev–Trinajstić information content (AvgIpc) is 2.80. The largest absolute Gasteiger partial charge is 0.497 e. The minimum atomic E-state index is -0.0768. The van der Waals surface area contributed by atoms with Gasteiger partial charge in [0.05, 0.1) is 18.5 Å². The first-order valence-electron chi connectivity index (χ1n) is 7.37. The molecule has 1 heterocycles. The summed E-state index contributed by atoms with van der Waals surface area (Å²) in [6.45, 7) is 1.92. The van der Waals surface area contributed by atoms with Crippen LogP contribution < -0.4 is 15.6 Å². The summed E-state index contributed by atoms with van der Waals surface area (Å²) in [4.78, 5) is 12.8. The lowest BCUT2D eigenvalue weighted by atomic mass is 10.3. The summed E-state index contributed by atoms with van der Waals surface area (Å²) in [5, 5.41) is 3.21. The van der Waals surface area contributed by atoms with Crippen molar-refractivity contribution in [2.24, 2.45) is 7.05 Å². The van der Waals surface area contributed by atoms with Crippen LogP contribution in [0.5, 0.6) is 5.75 Å². The molecular weight excluding hydrogens is 290 g/mol. The lowest BCUT2D eigenvalue weighted by Crippen LogP contribution is -2.20. The molecule has 0 saturated carbocycles. The van der Waals surface area contributed by atoms with Crippen LogP contribution in [0.4, 0.5) is 11.4 Å². The molecule has 3 aromatic rings. The van der Waals surface area contributed by atoms with E-state index in [1.807, 2.05) is 73.3 Å². The van der Waals surface area contributed by atoms with Gasteiger partial charge in [-0.2, -0.15) is 0 Å². The Morgan fingerprint density at radius 1 is 1.00 bits per heavy atom. The average molecular weight is 309 g/mol. The Morgan fingerprint density at radius 3 is 2.26 bits per heavy atom. The zero-order chi connectivity index (χ0) is 16.4. The number of anilines is 2. The Kier molecular flexibility index (Phi) is 3.93. The number of benzene rings is 2. The highest BCUT2D eigenvalue weighted by molar-refractivity contribution is 5.62. The van der Waals surface area contributed by atoms with E-state index in [1.165, 1.54) is 0 Å². The molecule has 0 radical (unpaired) electrons. The van der Waals surface area contributed by atoms with Gasteiger partial charge < -0.3 is 10.1 Å². The highest BCUT2D eigenvalue weighted by atomic mass is 16.5. The second kappa shape index (κ2) is 6.04. The van der Waals surface area contributed by atoms with E-state index in [0.29, 0.717) is 5.69 Å². The van der Waals surface area contributed by atoms with Gasteiger partial charge in [0.2, 0.25) is 0 Å². The molecule has 5 heteroatoms. The second-order valence-electron chi connectivity index (χ2n) is 5.29. The zero-order valence-electron chi connectivity index (χ0n) is 13.4. The Labute approximate surface area is 134 Å². The van der Waals surface area contributed by atoms with Gasteiger partial charge in [-0.05, 0) is 43.3 Å². The summed E-state index contributed by atoms with van der Waals surface area (Å²) >= 11 is 0. The van der Waals surface area contributed by atoms with Gasteiger partial charge in [-0.1, -0.05) is 18.2 Å². The number of aromatic nitrogens is 2. The molecule has 0 amide bonds. The molecule has 0 aliphatic rings. The van der Waals surface area contributed by atoms with E-state index in [-0.39, 0.29) is 5.56 Å². The van der Waals surface area contributed by atoms with E-state index in [4.69, 9.17) is 4.74 Å². The minimum Gasteiger partial charge on any atom is -0.497 e.